The lowest BCUT2D eigenvalue weighted by Crippen LogP contribution is -2.50. The molecular formula is C26H26N2O5. The molecule has 2 aromatic carbocycles. The van der Waals surface area contributed by atoms with Gasteiger partial charge in [-0.15, -0.1) is 6.42 Å². The number of benzene rings is 2. The van der Waals surface area contributed by atoms with Crippen LogP contribution in [-0.4, -0.2) is 53.7 Å². The number of carbonyl (C=O) groups excluding carboxylic acids is 2. The van der Waals surface area contributed by atoms with Gasteiger partial charge in [0.2, 0.25) is 5.91 Å². The van der Waals surface area contributed by atoms with Crippen LogP contribution in [0.3, 0.4) is 0 Å². The minimum Gasteiger partial charge on any atom is -0.480 e. The van der Waals surface area contributed by atoms with Gasteiger partial charge in [0.1, 0.15) is 19.2 Å². The molecule has 0 radical (unpaired) electrons. The molecule has 0 spiro atoms. The number of amides is 2. The van der Waals surface area contributed by atoms with Crippen molar-refractivity contribution in [2.24, 2.45) is 5.92 Å². The number of ether oxygens (including phenoxy) is 1. The highest BCUT2D eigenvalue weighted by Gasteiger charge is 2.34. The molecule has 4 rings (SSSR count). The smallest absolute Gasteiger partial charge is 0.407 e. The Labute approximate surface area is 192 Å². The Kier molecular flexibility index (Phi) is 6.64. The molecule has 1 fully saturated rings. The number of nitrogens with one attached hydrogen (secondary N) is 1. The van der Waals surface area contributed by atoms with E-state index < -0.39 is 30.6 Å². The highest BCUT2D eigenvalue weighted by molar-refractivity contribution is 5.88. The van der Waals surface area contributed by atoms with Crippen molar-refractivity contribution in [1.29, 1.82) is 0 Å². The number of alkyl carbamates (subject to hydrolysis) is 1. The number of hydrogen-bond donors (Lipinski definition) is 2. The second-order valence-corrected chi connectivity index (χ2v) is 8.49. The van der Waals surface area contributed by atoms with Gasteiger partial charge in [-0.3, -0.25) is 9.59 Å². The summed E-state index contributed by atoms with van der Waals surface area (Å²) in [7, 11) is 0. The molecule has 2 aliphatic rings. The van der Waals surface area contributed by atoms with Gasteiger partial charge < -0.3 is 20.1 Å². The minimum absolute atomic E-state index is 0.0920. The number of fused-ring (bicyclic) bond motifs is 3. The van der Waals surface area contributed by atoms with Crippen molar-refractivity contribution in [1.82, 2.24) is 10.2 Å². The van der Waals surface area contributed by atoms with Gasteiger partial charge in [-0.1, -0.05) is 67.3 Å². The molecule has 0 bridgehead atoms. The number of carbonyl (C=O) groups is 3. The third-order valence-corrected chi connectivity index (χ3v) is 6.12. The van der Waals surface area contributed by atoms with Crippen LogP contribution in [0.25, 0.3) is 11.1 Å². The van der Waals surface area contributed by atoms with Gasteiger partial charge in [0, 0.05) is 5.92 Å². The molecule has 0 aliphatic heterocycles. The van der Waals surface area contributed by atoms with Crippen molar-refractivity contribution in [3.63, 3.8) is 0 Å². The molecule has 1 saturated carbocycles. The summed E-state index contributed by atoms with van der Waals surface area (Å²) in [6.07, 6.45) is 6.99. The standard InChI is InChI=1S/C26H26N2O5/c1-2-13-28(15-24(29)30)25(31)23(14-17-11-12-17)27-26(32)33-16-22-20-9-5-3-7-18(20)19-8-4-6-10-21(19)22/h1,3-10,17,22-23H,11-16H2,(H,27,32)(H,29,30)/t23-/m0/s1. The van der Waals surface area contributed by atoms with Crippen LogP contribution in [0.5, 0.6) is 0 Å². The van der Waals surface area contributed by atoms with Crippen LogP contribution in [0.2, 0.25) is 0 Å². The third-order valence-electron chi connectivity index (χ3n) is 6.12. The molecule has 2 amide bonds. The van der Waals surface area contributed by atoms with Crippen LogP contribution < -0.4 is 5.32 Å². The monoisotopic (exact) mass is 446 g/mol. The molecule has 170 valence electrons. The normalized spacial score (nSPS) is 15.0. The first kappa shape index (κ1) is 22.4. The molecule has 7 nitrogen and oxygen atoms in total. The maximum Gasteiger partial charge on any atom is 0.407 e. The van der Waals surface area contributed by atoms with Crippen LogP contribution in [0.1, 0.15) is 36.3 Å². The van der Waals surface area contributed by atoms with Gasteiger partial charge >= 0.3 is 12.1 Å². The van der Waals surface area contributed by atoms with E-state index in [2.05, 4.69) is 23.4 Å². The van der Waals surface area contributed by atoms with E-state index >= 15 is 0 Å². The van der Waals surface area contributed by atoms with Crippen LogP contribution in [0, 0.1) is 18.3 Å². The van der Waals surface area contributed by atoms with Crippen molar-refractivity contribution in [2.75, 3.05) is 19.7 Å². The summed E-state index contributed by atoms with van der Waals surface area (Å²) in [5.41, 5.74) is 4.45. The maximum absolute atomic E-state index is 13.0. The van der Waals surface area contributed by atoms with Crippen molar-refractivity contribution >= 4 is 18.0 Å². The summed E-state index contributed by atoms with van der Waals surface area (Å²) < 4.78 is 5.57. The average molecular weight is 447 g/mol. The van der Waals surface area contributed by atoms with E-state index in [1.807, 2.05) is 36.4 Å². The molecule has 33 heavy (non-hydrogen) atoms. The Balaban J connectivity index is 1.43. The topological polar surface area (TPSA) is 95.9 Å². The fourth-order valence-corrected chi connectivity index (χ4v) is 4.40. The lowest BCUT2D eigenvalue weighted by atomic mass is 9.98. The molecular weight excluding hydrogens is 420 g/mol. The van der Waals surface area contributed by atoms with Crippen molar-refractivity contribution in [2.45, 2.75) is 31.2 Å². The highest BCUT2D eigenvalue weighted by atomic mass is 16.5. The van der Waals surface area contributed by atoms with E-state index in [-0.39, 0.29) is 19.1 Å². The van der Waals surface area contributed by atoms with Gasteiger partial charge in [0.15, 0.2) is 0 Å². The Morgan fingerprint density at radius 2 is 1.70 bits per heavy atom. The first-order valence-electron chi connectivity index (χ1n) is 11.0. The summed E-state index contributed by atoms with van der Waals surface area (Å²) in [6.45, 7) is -0.525. The molecule has 2 N–H and O–H groups in total. The van der Waals surface area contributed by atoms with Crippen molar-refractivity contribution < 1.29 is 24.2 Å². The van der Waals surface area contributed by atoms with Gasteiger partial charge in [-0.05, 0) is 34.6 Å². The fourth-order valence-electron chi connectivity index (χ4n) is 4.40. The van der Waals surface area contributed by atoms with E-state index in [1.54, 1.807) is 0 Å². The zero-order valence-corrected chi connectivity index (χ0v) is 18.2. The van der Waals surface area contributed by atoms with E-state index in [9.17, 15) is 14.4 Å². The number of carboxylic acids is 1. The quantitative estimate of drug-likeness (QED) is 0.577. The summed E-state index contributed by atoms with van der Waals surface area (Å²) >= 11 is 0. The summed E-state index contributed by atoms with van der Waals surface area (Å²) in [4.78, 5) is 37.8. The molecule has 0 heterocycles. The van der Waals surface area contributed by atoms with E-state index in [1.165, 1.54) is 0 Å². The summed E-state index contributed by atoms with van der Waals surface area (Å²) in [5.74, 6) is 0.876. The van der Waals surface area contributed by atoms with Crippen LogP contribution >= 0.6 is 0 Å². The van der Waals surface area contributed by atoms with Gasteiger partial charge in [-0.2, -0.15) is 0 Å². The molecule has 0 aromatic heterocycles. The van der Waals surface area contributed by atoms with Gasteiger partial charge in [-0.25, -0.2) is 4.79 Å². The minimum atomic E-state index is -1.16. The van der Waals surface area contributed by atoms with Gasteiger partial charge in [0.25, 0.3) is 0 Å². The van der Waals surface area contributed by atoms with Crippen LogP contribution in [-0.2, 0) is 14.3 Å². The lowest BCUT2D eigenvalue weighted by molar-refractivity contribution is -0.144. The molecule has 1 atom stereocenters. The first-order valence-corrected chi connectivity index (χ1v) is 11.0. The Morgan fingerprint density at radius 1 is 1.09 bits per heavy atom. The molecule has 7 heteroatoms. The highest BCUT2D eigenvalue weighted by Crippen LogP contribution is 2.44. The van der Waals surface area contributed by atoms with Crippen LogP contribution in [0.4, 0.5) is 4.79 Å². The SMILES string of the molecule is C#CCN(CC(=O)O)C(=O)[C@H](CC1CC1)NC(=O)OCC1c2ccccc2-c2ccccc21. The number of hydrogen-bond acceptors (Lipinski definition) is 4. The third kappa shape index (κ3) is 5.17. The van der Waals surface area contributed by atoms with Gasteiger partial charge in [0.05, 0.1) is 6.54 Å². The fraction of sp³-hybridized carbons (Fsp3) is 0.346. The molecule has 0 unspecified atom stereocenters. The first-order chi connectivity index (χ1) is 16.0. The second kappa shape index (κ2) is 9.78. The Morgan fingerprint density at radius 3 is 2.24 bits per heavy atom. The zero-order chi connectivity index (χ0) is 23.4. The van der Waals surface area contributed by atoms with Crippen molar-refractivity contribution in [3.05, 3.63) is 59.7 Å². The number of carboxylic acid groups (broad SMARTS) is 1. The zero-order valence-electron chi connectivity index (χ0n) is 18.2. The average Bonchev–Trinajstić information content (AvgIpc) is 3.57. The van der Waals surface area contributed by atoms with E-state index in [4.69, 9.17) is 16.3 Å². The largest absolute Gasteiger partial charge is 0.480 e. The summed E-state index contributed by atoms with van der Waals surface area (Å²) in [6, 6.07) is 15.2. The Bertz CT molecular complexity index is 1060. The van der Waals surface area contributed by atoms with Crippen LogP contribution in [0.15, 0.2) is 48.5 Å². The Hall–Kier alpha value is -3.79. The van der Waals surface area contributed by atoms with E-state index in [0.717, 1.165) is 40.0 Å². The number of nitrogens with zero attached hydrogens (tertiary/aromatic N) is 1. The molecule has 2 aromatic rings. The molecule has 0 saturated heterocycles. The van der Waals surface area contributed by atoms with E-state index in [0.29, 0.717) is 12.3 Å². The lowest BCUT2D eigenvalue weighted by Gasteiger charge is -2.25. The molecule has 2 aliphatic carbocycles. The maximum atomic E-state index is 13.0. The second-order valence-electron chi connectivity index (χ2n) is 8.49. The number of terminal acetylenes is 1. The number of aliphatic carboxylic acids is 1. The summed E-state index contributed by atoms with van der Waals surface area (Å²) in [5, 5.41) is 11.8. The van der Waals surface area contributed by atoms with Crippen molar-refractivity contribution in [3.8, 4) is 23.5 Å². The number of rotatable bonds is 9. The predicted octanol–water partition coefficient (Wildman–Crippen LogP) is 3.24. The predicted molar refractivity (Wildman–Crippen MR) is 122 cm³/mol.